The fourth-order valence-corrected chi connectivity index (χ4v) is 2.05. The Morgan fingerprint density at radius 1 is 1.30 bits per heavy atom. The predicted molar refractivity (Wildman–Crippen MR) is 82.2 cm³/mol. The van der Waals surface area contributed by atoms with Crippen LogP contribution in [0.2, 0.25) is 0 Å². The number of aromatic nitrogens is 1. The molecule has 2 aromatic rings. The molecular formula is C16H18FN3O3. The molecule has 0 radical (unpaired) electrons. The van der Waals surface area contributed by atoms with Crippen molar-refractivity contribution in [3.8, 4) is 0 Å². The van der Waals surface area contributed by atoms with Crippen molar-refractivity contribution in [1.29, 1.82) is 0 Å². The lowest BCUT2D eigenvalue weighted by Gasteiger charge is -2.20. The second kappa shape index (κ2) is 7.53. The van der Waals surface area contributed by atoms with E-state index in [1.54, 1.807) is 32.0 Å². The Morgan fingerprint density at radius 2 is 2.00 bits per heavy atom. The average Bonchev–Trinajstić information content (AvgIpc) is 2.92. The van der Waals surface area contributed by atoms with E-state index in [-0.39, 0.29) is 30.6 Å². The first-order valence-corrected chi connectivity index (χ1v) is 7.23. The number of amides is 2. The number of rotatable bonds is 6. The molecule has 122 valence electrons. The Hall–Kier alpha value is -2.70. The van der Waals surface area contributed by atoms with Gasteiger partial charge in [-0.2, -0.15) is 0 Å². The van der Waals surface area contributed by atoms with Gasteiger partial charge in [-0.05, 0) is 31.5 Å². The van der Waals surface area contributed by atoms with Crippen molar-refractivity contribution in [1.82, 2.24) is 10.1 Å². The molecule has 6 nitrogen and oxygen atoms in total. The smallest absolute Gasteiger partial charge is 0.245 e. The molecule has 1 N–H and O–H groups in total. The van der Waals surface area contributed by atoms with Gasteiger partial charge in [0, 0.05) is 12.6 Å². The predicted octanol–water partition coefficient (Wildman–Crippen LogP) is 2.15. The normalized spacial score (nSPS) is 10.4. The Kier molecular flexibility index (Phi) is 5.46. The molecule has 1 heterocycles. The minimum absolute atomic E-state index is 0.0809. The third-order valence-electron chi connectivity index (χ3n) is 3.23. The van der Waals surface area contributed by atoms with Crippen LogP contribution in [0.3, 0.4) is 0 Å². The highest BCUT2D eigenvalue weighted by Crippen LogP contribution is 2.08. The van der Waals surface area contributed by atoms with Crippen LogP contribution in [0.5, 0.6) is 0 Å². The first-order valence-electron chi connectivity index (χ1n) is 7.23. The lowest BCUT2D eigenvalue weighted by atomic mass is 10.1. The zero-order chi connectivity index (χ0) is 16.8. The van der Waals surface area contributed by atoms with E-state index in [9.17, 15) is 14.0 Å². The van der Waals surface area contributed by atoms with E-state index in [0.29, 0.717) is 23.7 Å². The number of nitrogens with zero attached hydrogens (tertiary/aromatic N) is 2. The van der Waals surface area contributed by atoms with Gasteiger partial charge >= 0.3 is 0 Å². The number of benzene rings is 1. The summed E-state index contributed by atoms with van der Waals surface area (Å²) in [7, 11) is 0. The third-order valence-corrected chi connectivity index (χ3v) is 3.23. The standard InChI is InChI=1S/C16H18FN3O3/c1-3-20(10-15(21)18-14-8-11(2)23-19-14)16(22)9-12-4-6-13(17)7-5-12/h4-8H,3,9-10H2,1-2H3,(H,18,19,21). The van der Waals surface area contributed by atoms with E-state index in [4.69, 9.17) is 4.52 Å². The van der Waals surface area contributed by atoms with Crippen LogP contribution in [0, 0.1) is 12.7 Å². The maximum Gasteiger partial charge on any atom is 0.245 e. The van der Waals surface area contributed by atoms with Crippen LogP contribution >= 0.6 is 0 Å². The zero-order valence-electron chi connectivity index (χ0n) is 13.0. The molecule has 0 fully saturated rings. The molecule has 1 aromatic carbocycles. The van der Waals surface area contributed by atoms with Crippen molar-refractivity contribution in [2.24, 2.45) is 0 Å². The summed E-state index contributed by atoms with van der Waals surface area (Å²) in [5, 5.41) is 6.23. The number of anilines is 1. The maximum atomic E-state index is 12.9. The number of hydrogen-bond acceptors (Lipinski definition) is 4. The number of hydrogen-bond donors (Lipinski definition) is 1. The van der Waals surface area contributed by atoms with Gasteiger partial charge < -0.3 is 14.7 Å². The van der Waals surface area contributed by atoms with Crippen LogP contribution < -0.4 is 5.32 Å². The second-order valence-electron chi connectivity index (χ2n) is 5.08. The number of likely N-dealkylation sites (N-methyl/N-ethyl adjacent to an activating group) is 1. The number of carbonyl (C=O) groups is 2. The minimum atomic E-state index is -0.354. The molecule has 0 aliphatic heterocycles. The van der Waals surface area contributed by atoms with Gasteiger partial charge in [0.05, 0.1) is 13.0 Å². The molecule has 0 saturated carbocycles. The highest BCUT2D eigenvalue weighted by Gasteiger charge is 2.17. The molecule has 0 spiro atoms. The maximum absolute atomic E-state index is 12.9. The monoisotopic (exact) mass is 319 g/mol. The molecule has 0 aliphatic carbocycles. The molecule has 0 saturated heterocycles. The summed E-state index contributed by atoms with van der Waals surface area (Å²) in [5.41, 5.74) is 0.697. The molecule has 2 rings (SSSR count). The van der Waals surface area contributed by atoms with Gasteiger partial charge in [0.15, 0.2) is 5.82 Å². The lowest BCUT2D eigenvalue weighted by Crippen LogP contribution is -2.38. The summed E-state index contributed by atoms with van der Waals surface area (Å²) in [4.78, 5) is 25.6. The Morgan fingerprint density at radius 3 is 2.57 bits per heavy atom. The van der Waals surface area contributed by atoms with E-state index in [1.807, 2.05) is 0 Å². The number of halogens is 1. The molecule has 23 heavy (non-hydrogen) atoms. The van der Waals surface area contributed by atoms with Crippen molar-refractivity contribution in [2.45, 2.75) is 20.3 Å². The SMILES string of the molecule is CCN(CC(=O)Nc1cc(C)on1)C(=O)Cc1ccc(F)cc1. The fraction of sp³-hybridized carbons (Fsp3) is 0.312. The van der Waals surface area contributed by atoms with Crippen LogP contribution in [0.25, 0.3) is 0 Å². The molecule has 0 aliphatic rings. The highest BCUT2D eigenvalue weighted by molar-refractivity contribution is 5.94. The Bertz CT molecular complexity index is 682. The van der Waals surface area contributed by atoms with Crippen LogP contribution in [-0.2, 0) is 16.0 Å². The zero-order valence-corrected chi connectivity index (χ0v) is 13.0. The minimum Gasteiger partial charge on any atom is -0.360 e. The van der Waals surface area contributed by atoms with Crippen LogP contribution in [0.4, 0.5) is 10.2 Å². The van der Waals surface area contributed by atoms with Gasteiger partial charge in [-0.3, -0.25) is 9.59 Å². The summed E-state index contributed by atoms with van der Waals surface area (Å²) in [6, 6.07) is 7.31. The second-order valence-corrected chi connectivity index (χ2v) is 5.08. The summed E-state index contributed by atoms with van der Waals surface area (Å²) in [5.74, 6) is -0.0106. The van der Waals surface area contributed by atoms with Gasteiger partial charge in [0.2, 0.25) is 11.8 Å². The van der Waals surface area contributed by atoms with E-state index >= 15 is 0 Å². The highest BCUT2D eigenvalue weighted by atomic mass is 19.1. The molecule has 1 aromatic heterocycles. The van der Waals surface area contributed by atoms with Gasteiger partial charge in [0.25, 0.3) is 0 Å². The van der Waals surface area contributed by atoms with Crippen LogP contribution in [0.1, 0.15) is 18.2 Å². The number of nitrogens with one attached hydrogen (secondary N) is 1. The van der Waals surface area contributed by atoms with Crippen LogP contribution in [-0.4, -0.2) is 35.0 Å². The quantitative estimate of drug-likeness (QED) is 0.885. The first-order chi connectivity index (χ1) is 11.0. The summed E-state index contributed by atoms with van der Waals surface area (Å²) in [6.45, 7) is 3.82. The lowest BCUT2D eigenvalue weighted by molar-refractivity contribution is -0.133. The molecule has 0 atom stereocenters. The molecule has 7 heteroatoms. The van der Waals surface area contributed by atoms with Crippen molar-refractivity contribution in [2.75, 3.05) is 18.4 Å². The summed E-state index contributed by atoms with van der Waals surface area (Å²) in [6.07, 6.45) is 0.116. The first kappa shape index (κ1) is 16.7. The van der Waals surface area contributed by atoms with Crippen molar-refractivity contribution < 1.29 is 18.5 Å². The van der Waals surface area contributed by atoms with Crippen molar-refractivity contribution in [3.63, 3.8) is 0 Å². The average molecular weight is 319 g/mol. The van der Waals surface area contributed by atoms with E-state index < -0.39 is 0 Å². The molecule has 2 amide bonds. The molecular weight excluding hydrogens is 301 g/mol. The molecule has 0 unspecified atom stereocenters. The summed E-state index contributed by atoms with van der Waals surface area (Å²) < 4.78 is 17.7. The largest absolute Gasteiger partial charge is 0.360 e. The van der Waals surface area contributed by atoms with E-state index in [2.05, 4.69) is 10.5 Å². The van der Waals surface area contributed by atoms with Crippen LogP contribution in [0.15, 0.2) is 34.9 Å². The summed E-state index contributed by atoms with van der Waals surface area (Å²) >= 11 is 0. The fourth-order valence-electron chi connectivity index (χ4n) is 2.05. The van der Waals surface area contributed by atoms with E-state index in [0.717, 1.165) is 0 Å². The van der Waals surface area contributed by atoms with Gasteiger partial charge in [-0.1, -0.05) is 17.3 Å². The molecule has 0 bridgehead atoms. The topological polar surface area (TPSA) is 75.4 Å². The van der Waals surface area contributed by atoms with Gasteiger partial charge in [-0.15, -0.1) is 0 Å². The van der Waals surface area contributed by atoms with Gasteiger partial charge in [-0.25, -0.2) is 4.39 Å². The van der Waals surface area contributed by atoms with Gasteiger partial charge in [0.1, 0.15) is 11.6 Å². The van der Waals surface area contributed by atoms with E-state index in [1.165, 1.54) is 17.0 Å². The third kappa shape index (κ3) is 4.91. The number of aryl methyl sites for hydroxylation is 1. The van der Waals surface area contributed by atoms with Crippen molar-refractivity contribution >= 4 is 17.6 Å². The Balaban J connectivity index is 1.91. The Labute approximate surface area is 133 Å². The van der Waals surface area contributed by atoms with Crippen molar-refractivity contribution in [3.05, 3.63) is 47.5 Å². The number of carbonyl (C=O) groups excluding carboxylic acids is 2.